The van der Waals surface area contributed by atoms with Gasteiger partial charge in [-0.3, -0.25) is 4.98 Å². The molecule has 4 heteroatoms. The molecule has 1 aromatic heterocycles. The van der Waals surface area contributed by atoms with E-state index in [0.29, 0.717) is 5.56 Å². The van der Waals surface area contributed by atoms with Crippen molar-refractivity contribution in [3.05, 3.63) is 66.2 Å². The van der Waals surface area contributed by atoms with Crippen molar-refractivity contribution in [3.8, 4) is 11.1 Å². The first-order valence-corrected chi connectivity index (χ1v) is 6.02. The van der Waals surface area contributed by atoms with E-state index in [-0.39, 0.29) is 5.56 Å². The van der Waals surface area contributed by atoms with Crippen molar-refractivity contribution in [3.63, 3.8) is 0 Å². The second-order valence-corrected chi connectivity index (χ2v) is 4.44. The lowest BCUT2D eigenvalue weighted by Crippen LogP contribution is -1.97. The highest BCUT2D eigenvalue weighted by Crippen LogP contribution is 2.29. The highest BCUT2D eigenvalue weighted by Gasteiger charge is 2.10. The summed E-state index contributed by atoms with van der Waals surface area (Å²) in [6, 6.07) is 11.3. The van der Waals surface area contributed by atoms with Crippen LogP contribution in [0.2, 0.25) is 0 Å². The quantitative estimate of drug-likeness (QED) is 0.769. The monoisotopic (exact) mass is 267 g/mol. The summed E-state index contributed by atoms with van der Waals surface area (Å²) in [5.41, 5.74) is 1.22. The third-order valence-electron chi connectivity index (χ3n) is 3.14. The third kappa shape index (κ3) is 2.12. The van der Waals surface area contributed by atoms with Crippen LogP contribution in [0.4, 0.5) is 4.39 Å². The molecular weight excluding hydrogens is 257 g/mol. The van der Waals surface area contributed by atoms with Crippen LogP contribution >= 0.6 is 0 Å². The van der Waals surface area contributed by atoms with Gasteiger partial charge in [-0.1, -0.05) is 18.2 Å². The number of carboxylic acids is 1. The van der Waals surface area contributed by atoms with E-state index in [0.717, 1.165) is 22.4 Å². The number of rotatable bonds is 2. The first-order valence-electron chi connectivity index (χ1n) is 6.02. The van der Waals surface area contributed by atoms with E-state index >= 15 is 0 Å². The van der Waals surface area contributed by atoms with E-state index < -0.39 is 11.8 Å². The predicted molar refractivity (Wildman–Crippen MR) is 74.1 cm³/mol. The van der Waals surface area contributed by atoms with Crippen molar-refractivity contribution in [2.75, 3.05) is 0 Å². The van der Waals surface area contributed by atoms with E-state index in [2.05, 4.69) is 4.98 Å². The SMILES string of the molecule is O=C(O)c1cc(F)cc(-c2cccc3ccncc23)c1. The molecule has 0 atom stereocenters. The summed E-state index contributed by atoms with van der Waals surface area (Å²) in [5.74, 6) is -1.72. The van der Waals surface area contributed by atoms with E-state index in [1.165, 1.54) is 12.1 Å². The minimum absolute atomic E-state index is 0.0686. The van der Waals surface area contributed by atoms with Crippen molar-refractivity contribution >= 4 is 16.7 Å². The molecule has 0 saturated heterocycles. The molecule has 98 valence electrons. The van der Waals surface area contributed by atoms with Crippen molar-refractivity contribution in [1.29, 1.82) is 0 Å². The highest BCUT2D eigenvalue weighted by molar-refractivity contribution is 5.97. The van der Waals surface area contributed by atoms with Gasteiger partial charge in [0, 0.05) is 17.8 Å². The van der Waals surface area contributed by atoms with Gasteiger partial charge in [-0.15, -0.1) is 0 Å². The maximum atomic E-state index is 13.6. The lowest BCUT2D eigenvalue weighted by atomic mass is 9.98. The predicted octanol–water partition coefficient (Wildman–Crippen LogP) is 3.74. The number of hydrogen-bond donors (Lipinski definition) is 1. The second-order valence-electron chi connectivity index (χ2n) is 4.44. The number of halogens is 1. The van der Waals surface area contributed by atoms with Crippen molar-refractivity contribution in [2.24, 2.45) is 0 Å². The van der Waals surface area contributed by atoms with Crippen LogP contribution in [0.3, 0.4) is 0 Å². The van der Waals surface area contributed by atoms with Gasteiger partial charge in [0.05, 0.1) is 5.56 Å². The summed E-state index contributed by atoms with van der Waals surface area (Å²) in [5, 5.41) is 10.8. The minimum Gasteiger partial charge on any atom is -0.478 e. The zero-order valence-corrected chi connectivity index (χ0v) is 10.4. The van der Waals surface area contributed by atoms with Crippen LogP contribution in [0.1, 0.15) is 10.4 Å². The van der Waals surface area contributed by atoms with Crippen LogP contribution in [-0.2, 0) is 0 Å². The molecule has 3 nitrogen and oxygen atoms in total. The molecule has 0 bridgehead atoms. The summed E-state index contributed by atoms with van der Waals surface area (Å²) in [6.45, 7) is 0. The van der Waals surface area contributed by atoms with Gasteiger partial charge in [-0.05, 0) is 40.8 Å². The van der Waals surface area contributed by atoms with Crippen LogP contribution in [0.5, 0.6) is 0 Å². The number of carbonyl (C=O) groups is 1. The fraction of sp³-hybridized carbons (Fsp3) is 0. The van der Waals surface area contributed by atoms with Gasteiger partial charge >= 0.3 is 5.97 Å². The highest BCUT2D eigenvalue weighted by atomic mass is 19.1. The fourth-order valence-corrected chi connectivity index (χ4v) is 2.23. The average molecular weight is 267 g/mol. The summed E-state index contributed by atoms with van der Waals surface area (Å²) >= 11 is 0. The van der Waals surface area contributed by atoms with E-state index in [1.807, 2.05) is 24.3 Å². The molecule has 0 spiro atoms. The van der Waals surface area contributed by atoms with Crippen LogP contribution in [0.25, 0.3) is 21.9 Å². The number of benzene rings is 2. The maximum absolute atomic E-state index is 13.6. The molecular formula is C16H10FNO2. The van der Waals surface area contributed by atoms with Crippen molar-refractivity contribution in [1.82, 2.24) is 4.98 Å². The molecule has 0 radical (unpaired) electrons. The lowest BCUT2D eigenvalue weighted by Gasteiger charge is -2.07. The van der Waals surface area contributed by atoms with Gasteiger partial charge in [0.1, 0.15) is 5.82 Å². The van der Waals surface area contributed by atoms with E-state index in [9.17, 15) is 9.18 Å². The zero-order valence-electron chi connectivity index (χ0n) is 10.4. The zero-order chi connectivity index (χ0) is 14.1. The van der Waals surface area contributed by atoms with Crippen LogP contribution in [0.15, 0.2) is 54.9 Å². The Morgan fingerprint density at radius 2 is 2.00 bits per heavy atom. The molecule has 2 aromatic carbocycles. The molecule has 0 unspecified atom stereocenters. The number of nitrogens with zero attached hydrogens (tertiary/aromatic N) is 1. The van der Waals surface area contributed by atoms with E-state index in [1.54, 1.807) is 12.4 Å². The number of aromatic carboxylic acids is 1. The largest absolute Gasteiger partial charge is 0.478 e. The minimum atomic E-state index is -1.15. The topological polar surface area (TPSA) is 50.2 Å². The maximum Gasteiger partial charge on any atom is 0.335 e. The summed E-state index contributed by atoms with van der Waals surface area (Å²) in [4.78, 5) is 15.1. The van der Waals surface area contributed by atoms with Crippen LogP contribution < -0.4 is 0 Å². The fourth-order valence-electron chi connectivity index (χ4n) is 2.23. The average Bonchev–Trinajstić information content (AvgIpc) is 2.46. The molecule has 3 rings (SSSR count). The number of hydrogen-bond acceptors (Lipinski definition) is 2. The second kappa shape index (κ2) is 4.74. The smallest absolute Gasteiger partial charge is 0.335 e. The summed E-state index contributed by atoms with van der Waals surface area (Å²) in [7, 11) is 0. The molecule has 0 aliphatic carbocycles. The van der Waals surface area contributed by atoms with Gasteiger partial charge in [-0.2, -0.15) is 0 Å². The number of pyridine rings is 1. The Bertz CT molecular complexity index is 809. The first-order chi connectivity index (χ1) is 9.65. The normalized spacial score (nSPS) is 10.7. The van der Waals surface area contributed by atoms with Gasteiger partial charge in [-0.25, -0.2) is 9.18 Å². The van der Waals surface area contributed by atoms with Gasteiger partial charge < -0.3 is 5.11 Å². The lowest BCUT2D eigenvalue weighted by molar-refractivity contribution is 0.0696. The Morgan fingerprint density at radius 1 is 1.15 bits per heavy atom. The molecule has 20 heavy (non-hydrogen) atoms. The number of aromatic nitrogens is 1. The Hall–Kier alpha value is -2.75. The van der Waals surface area contributed by atoms with Gasteiger partial charge in [0.15, 0.2) is 0 Å². The summed E-state index contributed by atoms with van der Waals surface area (Å²) < 4.78 is 13.6. The Balaban J connectivity index is 2.28. The molecule has 1 heterocycles. The van der Waals surface area contributed by atoms with Crippen molar-refractivity contribution < 1.29 is 14.3 Å². The molecule has 0 aliphatic rings. The molecule has 0 amide bonds. The Morgan fingerprint density at radius 3 is 2.80 bits per heavy atom. The Kier molecular flexibility index (Phi) is 2.91. The number of fused-ring (bicyclic) bond motifs is 1. The standard InChI is InChI=1S/C16H10FNO2/c17-13-7-11(6-12(8-13)16(19)20)14-3-1-2-10-4-5-18-9-15(10)14/h1-9H,(H,19,20). The first kappa shape index (κ1) is 12.3. The molecule has 3 aromatic rings. The van der Waals surface area contributed by atoms with Gasteiger partial charge in [0.2, 0.25) is 0 Å². The van der Waals surface area contributed by atoms with Crippen molar-refractivity contribution in [2.45, 2.75) is 0 Å². The third-order valence-corrected chi connectivity index (χ3v) is 3.14. The Labute approximate surface area is 114 Å². The molecule has 0 saturated carbocycles. The van der Waals surface area contributed by atoms with Crippen LogP contribution in [-0.4, -0.2) is 16.1 Å². The number of carboxylic acid groups (broad SMARTS) is 1. The van der Waals surface area contributed by atoms with E-state index in [4.69, 9.17) is 5.11 Å². The van der Waals surface area contributed by atoms with Gasteiger partial charge in [0.25, 0.3) is 0 Å². The van der Waals surface area contributed by atoms with Crippen LogP contribution in [0, 0.1) is 5.82 Å². The molecule has 1 N–H and O–H groups in total. The summed E-state index contributed by atoms with van der Waals surface area (Å²) in [6.07, 6.45) is 3.37. The molecule has 0 fully saturated rings. The molecule has 0 aliphatic heterocycles.